The molecule has 0 heterocycles. The van der Waals surface area contributed by atoms with Crippen LogP contribution in [0.25, 0.3) is 0 Å². The van der Waals surface area contributed by atoms with E-state index >= 15 is 0 Å². The van der Waals surface area contributed by atoms with Crippen molar-refractivity contribution in [1.29, 1.82) is 5.41 Å². The van der Waals surface area contributed by atoms with Crippen molar-refractivity contribution in [3.8, 4) is 0 Å². The summed E-state index contributed by atoms with van der Waals surface area (Å²) in [6.07, 6.45) is 0. The second kappa shape index (κ2) is 7.44. The third-order valence-electron chi connectivity index (χ3n) is 3.12. The van der Waals surface area contributed by atoms with E-state index in [1.54, 1.807) is 18.2 Å². The van der Waals surface area contributed by atoms with Crippen molar-refractivity contribution in [1.82, 2.24) is 0 Å². The van der Waals surface area contributed by atoms with Gasteiger partial charge in [-0.2, -0.15) is 0 Å². The van der Waals surface area contributed by atoms with E-state index in [-0.39, 0.29) is 17.8 Å². The zero-order valence-electron chi connectivity index (χ0n) is 12.1. The van der Waals surface area contributed by atoms with Crippen LogP contribution in [0.1, 0.15) is 11.1 Å². The Balaban J connectivity index is 2.26. The van der Waals surface area contributed by atoms with Crippen LogP contribution in [0, 0.1) is 11.2 Å². The number of carbonyl (C=O) groups excluding carboxylic acids is 1. The molecule has 0 aliphatic heterocycles. The molecule has 0 saturated heterocycles. The van der Waals surface area contributed by atoms with Gasteiger partial charge in [0, 0.05) is 27.8 Å². The van der Waals surface area contributed by atoms with Crippen molar-refractivity contribution < 1.29 is 13.9 Å². The Kier molecular flexibility index (Phi) is 5.58. The average Bonchev–Trinajstić information content (AvgIpc) is 2.52. The number of nitrogens with one attached hydrogen (secondary N) is 2. The Labute approximate surface area is 142 Å². The summed E-state index contributed by atoms with van der Waals surface area (Å²) < 4.78 is 18.0. The van der Waals surface area contributed by atoms with Gasteiger partial charge in [0.05, 0.1) is 7.11 Å². The number of ether oxygens (including phenoxy) is 1. The van der Waals surface area contributed by atoms with Crippen LogP contribution in [-0.2, 0) is 16.1 Å². The molecular formula is C16H13Cl2FN2O2. The first-order valence-corrected chi connectivity index (χ1v) is 7.32. The molecule has 0 spiro atoms. The van der Waals surface area contributed by atoms with Gasteiger partial charge in [-0.3, -0.25) is 5.41 Å². The van der Waals surface area contributed by atoms with Gasteiger partial charge in [0.25, 0.3) is 0 Å². The lowest BCUT2D eigenvalue weighted by Crippen LogP contribution is -2.18. The van der Waals surface area contributed by atoms with Crippen LogP contribution in [0.4, 0.5) is 10.1 Å². The highest BCUT2D eigenvalue weighted by Gasteiger charge is 2.17. The van der Waals surface area contributed by atoms with Crippen LogP contribution in [0.5, 0.6) is 0 Å². The van der Waals surface area contributed by atoms with Crippen LogP contribution < -0.4 is 5.32 Å². The summed E-state index contributed by atoms with van der Waals surface area (Å²) in [4.78, 5) is 11.5. The minimum absolute atomic E-state index is 0.239. The molecule has 0 radical (unpaired) electrons. The molecule has 0 atom stereocenters. The largest absolute Gasteiger partial charge is 0.464 e. The van der Waals surface area contributed by atoms with E-state index in [4.69, 9.17) is 28.6 Å². The summed E-state index contributed by atoms with van der Waals surface area (Å²) >= 11 is 11.9. The van der Waals surface area contributed by atoms with Gasteiger partial charge < -0.3 is 10.1 Å². The summed E-state index contributed by atoms with van der Waals surface area (Å²) in [5, 5.41) is 11.8. The monoisotopic (exact) mass is 354 g/mol. The molecule has 2 N–H and O–H groups in total. The molecule has 0 aromatic heterocycles. The smallest absolute Gasteiger partial charge is 0.356 e. The number of esters is 1. The minimum atomic E-state index is -0.802. The SMILES string of the molecule is COC(=O)C(=N)c1ccc(F)cc1NCc1ccc(Cl)cc1Cl. The number of anilines is 1. The van der Waals surface area contributed by atoms with Crippen LogP contribution in [-0.4, -0.2) is 18.8 Å². The van der Waals surface area contributed by atoms with Gasteiger partial charge in [0.1, 0.15) is 11.5 Å². The van der Waals surface area contributed by atoms with Gasteiger partial charge in [-0.05, 0) is 35.9 Å². The van der Waals surface area contributed by atoms with E-state index in [9.17, 15) is 9.18 Å². The quantitative estimate of drug-likeness (QED) is 0.621. The molecular weight excluding hydrogens is 342 g/mol. The van der Waals surface area contributed by atoms with E-state index in [0.29, 0.717) is 15.7 Å². The van der Waals surface area contributed by atoms with Gasteiger partial charge in [-0.25, -0.2) is 9.18 Å². The number of rotatable bonds is 5. The van der Waals surface area contributed by atoms with Crippen molar-refractivity contribution in [3.05, 3.63) is 63.4 Å². The van der Waals surface area contributed by atoms with E-state index < -0.39 is 11.8 Å². The first-order chi connectivity index (χ1) is 10.9. The molecule has 0 saturated carbocycles. The highest BCUT2D eigenvalue weighted by molar-refractivity contribution is 6.43. The number of methoxy groups -OCH3 is 1. The topological polar surface area (TPSA) is 62.2 Å². The first-order valence-electron chi connectivity index (χ1n) is 6.57. The third kappa shape index (κ3) is 4.21. The molecule has 0 aliphatic carbocycles. The fourth-order valence-corrected chi connectivity index (χ4v) is 2.42. The predicted octanol–water partition coefficient (Wildman–Crippen LogP) is 4.29. The lowest BCUT2D eigenvalue weighted by molar-refractivity contribution is -0.132. The van der Waals surface area contributed by atoms with Gasteiger partial charge >= 0.3 is 5.97 Å². The first kappa shape index (κ1) is 17.2. The Morgan fingerprint density at radius 2 is 2.00 bits per heavy atom. The van der Waals surface area contributed by atoms with Gasteiger partial charge in [0.2, 0.25) is 0 Å². The molecule has 0 unspecified atom stereocenters. The maximum absolute atomic E-state index is 13.5. The summed E-state index contributed by atoms with van der Waals surface area (Å²) in [7, 11) is 1.18. The Bertz CT molecular complexity index is 766. The lowest BCUT2D eigenvalue weighted by Gasteiger charge is -2.13. The summed E-state index contributed by atoms with van der Waals surface area (Å²) in [6, 6.07) is 8.75. The third-order valence-corrected chi connectivity index (χ3v) is 3.71. The summed E-state index contributed by atoms with van der Waals surface area (Å²) in [5.74, 6) is -1.29. The number of hydrogen-bond acceptors (Lipinski definition) is 4. The molecule has 0 fully saturated rings. The highest BCUT2D eigenvalue weighted by atomic mass is 35.5. The van der Waals surface area contributed by atoms with E-state index in [0.717, 1.165) is 5.56 Å². The van der Waals surface area contributed by atoms with Gasteiger partial charge in [-0.15, -0.1) is 0 Å². The van der Waals surface area contributed by atoms with Crippen LogP contribution in [0.3, 0.4) is 0 Å². The van der Waals surface area contributed by atoms with Crippen LogP contribution in [0.2, 0.25) is 10.0 Å². The molecule has 7 heteroatoms. The number of carbonyl (C=O) groups is 1. The number of hydrogen-bond donors (Lipinski definition) is 2. The number of halogens is 3. The summed E-state index contributed by atoms with van der Waals surface area (Å²) in [6.45, 7) is 0.279. The predicted molar refractivity (Wildman–Crippen MR) is 89.0 cm³/mol. The van der Waals surface area contributed by atoms with Crippen molar-refractivity contribution in [2.75, 3.05) is 12.4 Å². The Morgan fingerprint density at radius 3 is 2.65 bits per heavy atom. The zero-order valence-corrected chi connectivity index (χ0v) is 13.6. The lowest BCUT2D eigenvalue weighted by atomic mass is 10.1. The van der Waals surface area contributed by atoms with E-state index in [1.807, 2.05) is 0 Å². The molecule has 2 rings (SSSR count). The molecule has 23 heavy (non-hydrogen) atoms. The number of benzene rings is 2. The van der Waals surface area contributed by atoms with Crippen LogP contribution >= 0.6 is 23.2 Å². The van der Waals surface area contributed by atoms with E-state index in [1.165, 1.54) is 25.3 Å². The maximum Gasteiger partial charge on any atom is 0.356 e. The molecule has 2 aromatic rings. The van der Waals surface area contributed by atoms with E-state index in [2.05, 4.69) is 10.1 Å². The van der Waals surface area contributed by atoms with Gasteiger partial charge in [-0.1, -0.05) is 29.3 Å². The molecule has 0 aliphatic rings. The standard InChI is InChI=1S/C16H13Cl2FN2O2/c1-23-16(22)15(20)12-5-4-11(19)7-14(12)21-8-9-2-3-10(17)6-13(9)18/h2-7,20-21H,8H2,1H3. The van der Waals surface area contributed by atoms with Crippen molar-refractivity contribution in [2.45, 2.75) is 6.54 Å². The Hall–Kier alpha value is -2.11. The normalized spacial score (nSPS) is 10.3. The fraction of sp³-hybridized carbons (Fsp3) is 0.125. The second-order valence-electron chi connectivity index (χ2n) is 4.65. The maximum atomic E-state index is 13.5. The van der Waals surface area contributed by atoms with Crippen LogP contribution in [0.15, 0.2) is 36.4 Å². The van der Waals surface area contributed by atoms with Crippen molar-refractivity contribution >= 4 is 40.6 Å². The second-order valence-corrected chi connectivity index (χ2v) is 5.49. The molecule has 4 nitrogen and oxygen atoms in total. The minimum Gasteiger partial charge on any atom is -0.464 e. The zero-order chi connectivity index (χ0) is 17.0. The Morgan fingerprint density at radius 1 is 1.26 bits per heavy atom. The van der Waals surface area contributed by atoms with Crippen molar-refractivity contribution in [3.63, 3.8) is 0 Å². The van der Waals surface area contributed by atoms with Crippen molar-refractivity contribution in [2.24, 2.45) is 0 Å². The summed E-state index contributed by atoms with van der Waals surface area (Å²) in [5.41, 5.74) is 0.919. The molecule has 120 valence electrons. The molecule has 2 aromatic carbocycles. The van der Waals surface area contributed by atoms with Gasteiger partial charge in [0.15, 0.2) is 0 Å². The average molecular weight is 355 g/mol. The fourth-order valence-electron chi connectivity index (χ4n) is 1.95. The highest BCUT2D eigenvalue weighted by Crippen LogP contribution is 2.24. The molecule has 0 amide bonds. The molecule has 0 bridgehead atoms.